The molecule has 2 aromatic rings. The standard InChI is InChI=1S/C19H28N6O/c1-2-17-12-18(22-19(21-17)24-8-10-26-11-9-24)25-6-3-4-16(14-25)13-23-7-5-20-15-23/h5,7,12,15-16H,2-4,6,8-11,13-14H2,1H3/t16-/m1/s1. The van der Waals surface area contributed by atoms with Crippen LogP contribution in [-0.4, -0.2) is 58.9 Å². The first-order valence-corrected chi connectivity index (χ1v) is 9.73. The third-order valence-electron chi connectivity index (χ3n) is 5.28. The molecule has 0 aliphatic carbocycles. The van der Waals surface area contributed by atoms with E-state index in [9.17, 15) is 0 Å². The average Bonchev–Trinajstić information content (AvgIpc) is 3.21. The second kappa shape index (κ2) is 8.03. The molecule has 0 bridgehead atoms. The predicted molar refractivity (Wildman–Crippen MR) is 102 cm³/mol. The highest BCUT2D eigenvalue weighted by molar-refractivity contribution is 5.46. The van der Waals surface area contributed by atoms with Crippen LogP contribution in [0.4, 0.5) is 11.8 Å². The molecule has 0 unspecified atom stereocenters. The van der Waals surface area contributed by atoms with Gasteiger partial charge in [0.1, 0.15) is 5.82 Å². The molecule has 0 saturated carbocycles. The van der Waals surface area contributed by atoms with Crippen LogP contribution >= 0.6 is 0 Å². The Morgan fingerprint density at radius 3 is 2.81 bits per heavy atom. The van der Waals surface area contributed by atoms with Crippen LogP contribution in [0.5, 0.6) is 0 Å². The smallest absolute Gasteiger partial charge is 0.227 e. The average molecular weight is 356 g/mol. The summed E-state index contributed by atoms with van der Waals surface area (Å²) in [5.41, 5.74) is 1.12. The fraction of sp³-hybridized carbons (Fsp3) is 0.632. The lowest BCUT2D eigenvalue weighted by Crippen LogP contribution is -2.39. The van der Waals surface area contributed by atoms with Crippen molar-refractivity contribution in [2.75, 3.05) is 49.2 Å². The van der Waals surface area contributed by atoms with Crippen LogP contribution in [0.1, 0.15) is 25.5 Å². The zero-order valence-corrected chi connectivity index (χ0v) is 15.5. The summed E-state index contributed by atoms with van der Waals surface area (Å²) in [5.74, 6) is 2.57. The van der Waals surface area contributed by atoms with E-state index in [0.29, 0.717) is 5.92 Å². The number of nitrogens with zero attached hydrogens (tertiary/aromatic N) is 6. The molecule has 7 nitrogen and oxygen atoms in total. The second-order valence-electron chi connectivity index (χ2n) is 7.18. The maximum Gasteiger partial charge on any atom is 0.227 e. The molecule has 2 saturated heterocycles. The number of hydrogen-bond donors (Lipinski definition) is 0. The molecule has 0 spiro atoms. The minimum absolute atomic E-state index is 0.629. The largest absolute Gasteiger partial charge is 0.378 e. The van der Waals surface area contributed by atoms with Gasteiger partial charge >= 0.3 is 0 Å². The van der Waals surface area contributed by atoms with Crippen molar-refractivity contribution in [3.8, 4) is 0 Å². The molecule has 4 heterocycles. The van der Waals surface area contributed by atoms with Crippen LogP contribution in [0.3, 0.4) is 0 Å². The molecule has 1 atom stereocenters. The molecule has 7 heteroatoms. The number of hydrogen-bond acceptors (Lipinski definition) is 6. The Bertz CT molecular complexity index is 698. The number of morpholine rings is 1. The lowest BCUT2D eigenvalue weighted by Gasteiger charge is -2.35. The van der Waals surface area contributed by atoms with E-state index in [-0.39, 0.29) is 0 Å². The van der Waals surface area contributed by atoms with Gasteiger partial charge in [0, 0.05) is 56.9 Å². The van der Waals surface area contributed by atoms with Crippen molar-refractivity contribution < 1.29 is 4.74 Å². The number of rotatable bonds is 5. The Morgan fingerprint density at radius 2 is 2.04 bits per heavy atom. The van der Waals surface area contributed by atoms with Gasteiger partial charge in [0.05, 0.1) is 19.5 Å². The van der Waals surface area contributed by atoms with Gasteiger partial charge in [-0.05, 0) is 25.2 Å². The molecule has 2 aromatic heterocycles. The zero-order valence-electron chi connectivity index (χ0n) is 15.5. The van der Waals surface area contributed by atoms with Gasteiger partial charge in [0.25, 0.3) is 0 Å². The normalized spacial score (nSPS) is 21.2. The van der Waals surface area contributed by atoms with E-state index in [1.807, 2.05) is 12.5 Å². The third-order valence-corrected chi connectivity index (χ3v) is 5.28. The molecular formula is C19H28N6O. The molecular weight excluding hydrogens is 328 g/mol. The molecule has 0 amide bonds. The molecule has 140 valence electrons. The van der Waals surface area contributed by atoms with Crippen LogP contribution < -0.4 is 9.80 Å². The number of aryl methyl sites for hydroxylation is 1. The molecule has 26 heavy (non-hydrogen) atoms. The summed E-state index contributed by atoms with van der Waals surface area (Å²) in [6.45, 7) is 8.55. The molecule has 2 aliphatic rings. The van der Waals surface area contributed by atoms with Gasteiger partial charge < -0.3 is 19.1 Å². The van der Waals surface area contributed by atoms with Crippen molar-refractivity contribution in [3.05, 3.63) is 30.5 Å². The summed E-state index contributed by atoms with van der Waals surface area (Å²) in [4.78, 5) is 18.6. The number of imidazole rings is 1. The van der Waals surface area contributed by atoms with Crippen molar-refractivity contribution in [1.29, 1.82) is 0 Å². The summed E-state index contributed by atoms with van der Waals surface area (Å²) in [6.07, 6.45) is 9.21. The minimum atomic E-state index is 0.629. The van der Waals surface area contributed by atoms with Gasteiger partial charge in [0.2, 0.25) is 5.95 Å². The van der Waals surface area contributed by atoms with E-state index in [0.717, 1.165) is 69.8 Å². The fourth-order valence-corrected chi connectivity index (χ4v) is 3.83. The van der Waals surface area contributed by atoms with Gasteiger partial charge in [-0.1, -0.05) is 6.92 Å². The molecule has 4 rings (SSSR count). The van der Waals surface area contributed by atoms with Gasteiger partial charge in [-0.25, -0.2) is 9.97 Å². The Labute approximate surface area is 155 Å². The second-order valence-corrected chi connectivity index (χ2v) is 7.18. The minimum Gasteiger partial charge on any atom is -0.378 e. The Balaban J connectivity index is 1.51. The van der Waals surface area contributed by atoms with Gasteiger partial charge in [-0.15, -0.1) is 0 Å². The highest BCUT2D eigenvalue weighted by Crippen LogP contribution is 2.25. The topological polar surface area (TPSA) is 59.3 Å². The lowest BCUT2D eigenvalue weighted by molar-refractivity contribution is 0.122. The van der Waals surface area contributed by atoms with E-state index in [4.69, 9.17) is 14.7 Å². The number of anilines is 2. The first-order valence-electron chi connectivity index (χ1n) is 9.73. The number of aromatic nitrogens is 4. The Kier molecular flexibility index (Phi) is 5.34. The van der Waals surface area contributed by atoms with Gasteiger partial charge in [-0.3, -0.25) is 0 Å². The maximum atomic E-state index is 5.47. The van der Waals surface area contributed by atoms with E-state index in [2.05, 4.69) is 38.5 Å². The molecule has 2 aliphatic heterocycles. The predicted octanol–water partition coefficient (Wildman–Crippen LogP) is 1.99. The first kappa shape index (κ1) is 17.3. The monoisotopic (exact) mass is 356 g/mol. The Hall–Kier alpha value is -2.15. The van der Waals surface area contributed by atoms with Gasteiger partial charge in [0.15, 0.2) is 0 Å². The van der Waals surface area contributed by atoms with Gasteiger partial charge in [-0.2, -0.15) is 4.98 Å². The summed E-state index contributed by atoms with van der Waals surface area (Å²) in [7, 11) is 0. The van der Waals surface area contributed by atoms with E-state index in [1.54, 1.807) is 0 Å². The van der Waals surface area contributed by atoms with Crippen LogP contribution in [0.15, 0.2) is 24.8 Å². The van der Waals surface area contributed by atoms with Crippen molar-refractivity contribution in [3.63, 3.8) is 0 Å². The lowest BCUT2D eigenvalue weighted by atomic mass is 9.98. The van der Waals surface area contributed by atoms with Crippen LogP contribution in [0.2, 0.25) is 0 Å². The summed E-state index contributed by atoms with van der Waals surface area (Å²) >= 11 is 0. The number of piperidine rings is 1. The SMILES string of the molecule is CCc1cc(N2CCC[C@H](Cn3ccnc3)C2)nc(N2CCOCC2)n1. The third kappa shape index (κ3) is 3.98. The molecule has 0 N–H and O–H groups in total. The molecule has 2 fully saturated rings. The summed E-state index contributed by atoms with van der Waals surface area (Å²) in [6, 6.07) is 2.17. The summed E-state index contributed by atoms with van der Waals surface area (Å²) in [5, 5.41) is 0. The quantitative estimate of drug-likeness (QED) is 0.817. The van der Waals surface area contributed by atoms with E-state index < -0.39 is 0 Å². The highest BCUT2D eigenvalue weighted by atomic mass is 16.5. The van der Waals surface area contributed by atoms with Crippen molar-refractivity contribution in [1.82, 2.24) is 19.5 Å². The van der Waals surface area contributed by atoms with Crippen LogP contribution in [0, 0.1) is 5.92 Å². The Morgan fingerprint density at radius 1 is 1.15 bits per heavy atom. The maximum absolute atomic E-state index is 5.47. The zero-order chi connectivity index (χ0) is 17.8. The first-order chi connectivity index (χ1) is 12.8. The van der Waals surface area contributed by atoms with Crippen molar-refractivity contribution in [2.24, 2.45) is 5.92 Å². The van der Waals surface area contributed by atoms with Crippen molar-refractivity contribution >= 4 is 11.8 Å². The van der Waals surface area contributed by atoms with E-state index >= 15 is 0 Å². The molecule has 0 aromatic carbocycles. The van der Waals surface area contributed by atoms with Crippen molar-refractivity contribution in [2.45, 2.75) is 32.7 Å². The number of ether oxygens (including phenoxy) is 1. The van der Waals surface area contributed by atoms with Crippen LogP contribution in [0.25, 0.3) is 0 Å². The summed E-state index contributed by atoms with van der Waals surface area (Å²) < 4.78 is 7.66. The highest BCUT2D eigenvalue weighted by Gasteiger charge is 2.23. The fourth-order valence-electron chi connectivity index (χ4n) is 3.83. The molecule has 0 radical (unpaired) electrons. The van der Waals surface area contributed by atoms with Crippen LogP contribution in [-0.2, 0) is 17.7 Å². The van der Waals surface area contributed by atoms with E-state index in [1.165, 1.54) is 12.8 Å².